The number of benzene rings is 1. The van der Waals surface area contributed by atoms with Crippen LogP contribution in [0.5, 0.6) is 0 Å². The fourth-order valence-electron chi connectivity index (χ4n) is 2.63. The van der Waals surface area contributed by atoms with Crippen LogP contribution in [0.2, 0.25) is 0 Å². The van der Waals surface area contributed by atoms with Crippen LogP contribution >= 0.6 is 0 Å². The van der Waals surface area contributed by atoms with E-state index in [1.165, 1.54) is 5.56 Å². The van der Waals surface area contributed by atoms with Gasteiger partial charge in [-0.05, 0) is 18.9 Å². The van der Waals surface area contributed by atoms with Crippen LogP contribution in [0.4, 0.5) is 0 Å². The normalized spacial score (nSPS) is 21.4. The second-order valence-corrected chi connectivity index (χ2v) is 5.17. The predicted octanol–water partition coefficient (Wildman–Crippen LogP) is 1.89. The van der Waals surface area contributed by atoms with Crippen LogP contribution in [0.1, 0.15) is 31.4 Å². The zero-order valence-electron chi connectivity index (χ0n) is 11.4. The number of aliphatic carboxylic acids is 1. The van der Waals surface area contributed by atoms with Crippen LogP contribution in [-0.4, -0.2) is 41.7 Å². The fraction of sp³-hybridized carbons (Fsp3) is 0.533. The number of carbonyl (C=O) groups is 1. The fourth-order valence-corrected chi connectivity index (χ4v) is 2.63. The van der Waals surface area contributed by atoms with Crippen molar-refractivity contribution in [3.05, 3.63) is 35.9 Å². The third-order valence-electron chi connectivity index (χ3n) is 3.82. The molecule has 1 saturated heterocycles. The number of nitrogens with zero attached hydrogens (tertiary/aromatic N) is 1. The molecule has 1 heterocycles. The number of carboxylic acid groups (broad SMARTS) is 1. The Hall–Kier alpha value is -1.39. The molecule has 1 aromatic rings. The zero-order valence-corrected chi connectivity index (χ0v) is 11.4. The third kappa shape index (κ3) is 4.04. The minimum absolute atomic E-state index is 0.199. The number of nitrogens with one attached hydrogen (secondary N) is 1. The average Bonchev–Trinajstić information content (AvgIpc) is 2.87. The van der Waals surface area contributed by atoms with Crippen molar-refractivity contribution >= 4 is 5.97 Å². The lowest BCUT2D eigenvalue weighted by atomic mass is 10.1. The molecule has 0 saturated carbocycles. The first-order valence-electron chi connectivity index (χ1n) is 6.91. The summed E-state index contributed by atoms with van der Waals surface area (Å²) in [6.45, 7) is 4.86. The third-order valence-corrected chi connectivity index (χ3v) is 3.82. The van der Waals surface area contributed by atoms with E-state index in [9.17, 15) is 4.79 Å². The van der Waals surface area contributed by atoms with E-state index in [-0.39, 0.29) is 6.42 Å². The number of rotatable bonds is 6. The lowest BCUT2D eigenvalue weighted by Crippen LogP contribution is -2.34. The molecule has 1 aliphatic heterocycles. The number of hydrogen-bond acceptors (Lipinski definition) is 3. The minimum Gasteiger partial charge on any atom is -0.481 e. The molecule has 4 nitrogen and oxygen atoms in total. The van der Waals surface area contributed by atoms with Crippen LogP contribution < -0.4 is 5.32 Å². The van der Waals surface area contributed by atoms with Crippen LogP contribution in [0.15, 0.2) is 30.3 Å². The molecule has 104 valence electrons. The quantitative estimate of drug-likeness (QED) is 0.822. The predicted molar refractivity (Wildman–Crippen MR) is 75.1 cm³/mol. The van der Waals surface area contributed by atoms with Gasteiger partial charge >= 0.3 is 5.97 Å². The maximum atomic E-state index is 10.5. The Morgan fingerprint density at radius 3 is 2.89 bits per heavy atom. The van der Waals surface area contributed by atoms with Crippen LogP contribution in [0.3, 0.4) is 0 Å². The molecular formula is C15H22N2O2. The molecule has 2 atom stereocenters. The van der Waals surface area contributed by atoms with Crippen molar-refractivity contribution in [2.75, 3.05) is 19.6 Å². The van der Waals surface area contributed by atoms with Gasteiger partial charge in [-0.25, -0.2) is 0 Å². The molecule has 0 aromatic heterocycles. The van der Waals surface area contributed by atoms with E-state index < -0.39 is 5.97 Å². The Kier molecular flexibility index (Phi) is 4.93. The highest BCUT2D eigenvalue weighted by Gasteiger charge is 2.26. The van der Waals surface area contributed by atoms with E-state index in [1.807, 2.05) is 6.07 Å². The highest BCUT2D eigenvalue weighted by molar-refractivity contribution is 5.66. The summed E-state index contributed by atoms with van der Waals surface area (Å²) in [7, 11) is 0. The maximum Gasteiger partial charge on any atom is 0.304 e. The summed E-state index contributed by atoms with van der Waals surface area (Å²) in [5.74, 6) is -0.736. The molecule has 0 radical (unpaired) electrons. The summed E-state index contributed by atoms with van der Waals surface area (Å²) in [6, 6.07) is 11.4. The molecule has 19 heavy (non-hydrogen) atoms. The van der Waals surface area contributed by atoms with Gasteiger partial charge < -0.3 is 10.4 Å². The molecule has 0 spiro atoms. The second-order valence-electron chi connectivity index (χ2n) is 5.17. The highest BCUT2D eigenvalue weighted by Crippen LogP contribution is 2.24. The first kappa shape index (κ1) is 14.0. The van der Waals surface area contributed by atoms with Crippen molar-refractivity contribution in [1.29, 1.82) is 0 Å². The molecule has 1 aliphatic rings. The van der Waals surface area contributed by atoms with E-state index in [1.54, 1.807) is 0 Å². The smallest absolute Gasteiger partial charge is 0.304 e. The van der Waals surface area contributed by atoms with Crippen LogP contribution in [0, 0.1) is 0 Å². The van der Waals surface area contributed by atoms with Crippen molar-refractivity contribution in [2.24, 2.45) is 0 Å². The molecule has 2 rings (SSSR count). The van der Waals surface area contributed by atoms with Gasteiger partial charge in [-0.15, -0.1) is 0 Å². The van der Waals surface area contributed by atoms with Gasteiger partial charge in [-0.3, -0.25) is 9.69 Å². The number of hydrogen-bond donors (Lipinski definition) is 2. The first-order chi connectivity index (χ1) is 9.16. The van der Waals surface area contributed by atoms with Gasteiger partial charge in [0.25, 0.3) is 0 Å². The van der Waals surface area contributed by atoms with Crippen molar-refractivity contribution in [3.8, 4) is 0 Å². The lowest BCUT2D eigenvalue weighted by molar-refractivity contribution is -0.136. The van der Waals surface area contributed by atoms with Crippen molar-refractivity contribution in [1.82, 2.24) is 10.2 Å². The van der Waals surface area contributed by atoms with E-state index >= 15 is 0 Å². The Morgan fingerprint density at radius 1 is 1.47 bits per heavy atom. The van der Waals surface area contributed by atoms with E-state index in [0.717, 1.165) is 19.5 Å². The Labute approximate surface area is 114 Å². The topological polar surface area (TPSA) is 52.6 Å². The van der Waals surface area contributed by atoms with Crippen molar-refractivity contribution in [3.63, 3.8) is 0 Å². The standard InChI is InChI=1S/C15H22N2O2/c1-12(13-5-3-2-4-6-13)17-10-8-14(11-17)16-9-7-15(18)19/h2-6,12,14,16H,7-11H2,1H3,(H,18,19)/t12-,14+/m0/s1. The summed E-state index contributed by atoms with van der Waals surface area (Å²) < 4.78 is 0. The van der Waals surface area contributed by atoms with E-state index in [4.69, 9.17) is 5.11 Å². The Bertz CT molecular complexity index is 408. The van der Waals surface area contributed by atoms with Crippen LogP contribution in [0.25, 0.3) is 0 Å². The van der Waals surface area contributed by atoms with Gasteiger partial charge in [-0.2, -0.15) is 0 Å². The maximum absolute atomic E-state index is 10.5. The summed E-state index contributed by atoms with van der Waals surface area (Å²) in [4.78, 5) is 12.9. The zero-order chi connectivity index (χ0) is 13.7. The molecule has 1 aromatic carbocycles. The molecule has 0 amide bonds. The average molecular weight is 262 g/mol. The van der Waals surface area contributed by atoms with Gasteiger partial charge in [0.2, 0.25) is 0 Å². The molecule has 4 heteroatoms. The SMILES string of the molecule is C[C@@H](c1ccccc1)N1CC[C@@H](NCCC(=O)O)C1. The Balaban J connectivity index is 1.80. The molecule has 2 N–H and O–H groups in total. The number of likely N-dealkylation sites (tertiary alicyclic amines) is 1. The lowest BCUT2D eigenvalue weighted by Gasteiger charge is -2.24. The van der Waals surface area contributed by atoms with Crippen molar-refractivity contribution in [2.45, 2.75) is 31.8 Å². The number of carboxylic acids is 1. The molecule has 0 unspecified atom stereocenters. The van der Waals surface area contributed by atoms with Gasteiger partial charge in [0.15, 0.2) is 0 Å². The molecule has 1 fully saturated rings. The van der Waals surface area contributed by atoms with E-state index in [2.05, 4.69) is 41.4 Å². The summed E-state index contributed by atoms with van der Waals surface area (Å²) >= 11 is 0. The molecule has 0 bridgehead atoms. The minimum atomic E-state index is -0.736. The van der Waals surface area contributed by atoms with Gasteiger partial charge in [-0.1, -0.05) is 30.3 Å². The largest absolute Gasteiger partial charge is 0.481 e. The summed E-state index contributed by atoms with van der Waals surface area (Å²) in [6.07, 6.45) is 1.29. The van der Waals surface area contributed by atoms with Gasteiger partial charge in [0.1, 0.15) is 0 Å². The summed E-state index contributed by atoms with van der Waals surface area (Å²) in [5.41, 5.74) is 1.34. The van der Waals surface area contributed by atoms with Crippen molar-refractivity contribution < 1.29 is 9.90 Å². The molecular weight excluding hydrogens is 240 g/mol. The monoisotopic (exact) mass is 262 g/mol. The molecule has 0 aliphatic carbocycles. The first-order valence-corrected chi connectivity index (χ1v) is 6.91. The Morgan fingerprint density at radius 2 is 2.21 bits per heavy atom. The van der Waals surface area contributed by atoms with Gasteiger partial charge in [0, 0.05) is 31.7 Å². The van der Waals surface area contributed by atoms with Crippen LogP contribution in [-0.2, 0) is 4.79 Å². The second kappa shape index (κ2) is 6.68. The summed E-state index contributed by atoms with van der Waals surface area (Å²) in [5, 5.41) is 12.0. The highest BCUT2D eigenvalue weighted by atomic mass is 16.4. The van der Waals surface area contributed by atoms with E-state index in [0.29, 0.717) is 18.6 Å². The van der Waals surface area contributed by atoms with Gasteiger partial charge in [0.05, 0.1) is 6.42 Å².